The van der Waals surface area contributed by atoms with Gasteiger partial charge in [0.1, 0.15) is 0 Å². The van der Waals surface area contributed by atoms with Crippen LogP contribution in [0.3, 0.4) is 0 Å². The molecule has 7 heteroatoms. The predicted molar refractivity (Wildman–Crippen MR) is 112 cm³/mol. The van der Waals surface area contributed by atoms with Crippen LogP contribution in [0.4, 0.5) is 5.95 Å². The molecule has 4 rings (SSSR count). The van der Waals surface area contributed by atoms with Crippen LogP contribution in [0.25, 0.3) is 23.3 Å². The van der Waals surface area contributed by atoms with Crippen LogP contribution < -0.4 is 10.6 Å². The summed E-state index contributed by atoms with van der Waals surface area (Å²) >= 11 is 0. The van der Waals surface area contributed by atoms with Crippen LogP contribution in [0.5, 0.6) is 0 Å². The molecule has 0 radical (unpaired) electrons. The number of anilines is 1. The average Bonchev–Trinajstić information content (AvgIpc) is 3.09. The molecule has 4 heterocycles. The van der Waals surface area contributed by atoms with Gasteiger partial charge in [-0.1, -0.05) is 12.2 Å². The van der Waals surface area contributed by atoms with E-state index in [1.54, 1.807) is 6.20 Å². The van der Waals surface area contributed by atoms with Crippen molar-refractivity contribution in [1.82, 2.24) is 24.8 Å². The Kier molecular flexibility index (Phi) is 5.71. The Hall–Kier alpha value is -2.67. The maximum Gasteiger partial charge on any atom is 0.223 e. The lowest BCUT2D eigenvalue weighted by molar-refractivity contribution is 0.0903. The van der Waals surface area contributed by atoms with Gasteiger partial charge < -0.3 is 15.4 Å². The molecule has 0 bridgehead atoms. The molecular formula is C21H28N6O. The number of nitrogens with zero attached hydrogens (tertiary/aromatic N) is 4. The van der Waals surface area contributed by atoms with Gasteiger partial charge in [-0.2, -0.15) is 0 Å². The number of hydrogen-bond acceptors (Lipinski definition) is 6. The van der Waals surface area contributed by atoms with E-state index in [0.29, 0.717) is 18.0 Å². The molecule has 0 saturated carbocycles. The number of fused-ring (bicyclic) bond motifs is 1. The third-order valence-corrected chi connectivity index (χ3v) is 4.89. The number of ether oxygens (including phenoxy) is 1. The first kappa shape index (κ1) is 18.7. The zero-order valence-electron chi connectivity index (χ0n) is 16.6. The van der Waals surface area contributed by atoms with E-state index in [2.05, 4.69) is 52.4 Å². The number of rotatable bonds is 5. The van der Waals surface area contributed by atoms with Gasteiger partial charge in [-0.25, -0.2) is 15.0 Å². The quantitative estimate of drug-likeness (QED) is 0.826. The largest absolute Gasteiger partial charge is 0.381 e. The van der Waals surface area contributed by atoms with Crippen molar-refractivity contribution in [3.05, 3.63) is 36.4 Å². The van der Waals surface area contributed by atoms with E-state index in [1.165, 1.54) is 0 Å². The molecule has 0 aliphatic carbocycles. The van der Waals surface area contributed by atoms with Crippen LogP contribution >= 0.6 is 0 Å². The molecule has 148 valence electrons. The van der Waals surface area contributed by atoms with Gasteiger partial charge in [-0.15, -0.1) is 0 Å². The smallest absolute Gasteiger partial charge is 0.223 e. The Bertz CT molecular complexity index is 864. The minimum atomic E-state index is 0.345. The highest BCUT2D eigenvalue weighted by molar-refractivity contribution is 5.68. The van der Waals surface area contributed by atoms with Gasteiger partial charge in [0.05, 0.1) is 23.3 Å². The highest BCUT2D eigenvalue weighted by atomic mass is 16.5. The summed E-state index contributed by atoms with van der Waals surface area (Å²) < 4.78 is 7.54. The van der Waals surface area contributed by atoms with Crippen LogP contribution in [-0.2, 0) is 4.74 Å². The molecule has 1 saturated heterocycles. The van der Waals surface area contributed by atoms with E-state index < -0.39 is 0 Å². The number of nitrogens with one attached hydrogen (secondary N) is 2. The molecule has 2 N–H and O–H groups in total. The molecule has 0 amide bonds. The monoisotopic (exact) mass is 380 g/mol. The average molecular weight is 380 g/mol. The Labute approximate surface area is 165 Å². The molecule has 2 aliphatic rings. The van der Waals surface area contributed by atoms with Crippen LogP contribution in [0.15, 0.2) is 30.6 Å². The standard InChI is InChI=1S/C21H28N6O/c1-15(2)24-18-6-4-3-5-11-27-19(14-23-20(18)27)17-7-10-22-21(26-17)25-16-8-12-28-13-9-16/h5-7,10-11,14-16,24H,3-4,8-9,12-13H2,1-2H3,(H,22,25,26)/b11-5-,18-6+. The molecule has 0 spiro atoms. The number of hydrogen-bond donors (Lipinski definition) is 2. The van der Waals surface area contributed by atoms with Gasteiger partial charge in [0, 0.05) is 37.7 Å². The van der Waals surface area contributed by atoms with Crippen LogP contribution in [-0.4, -0.2) is 44.8 Å². The minimum Gasteiger partial charge on any atom is -0.381 e. The van der Waals surface area contributed by atoms with Gasteiger partial charge in [-0.05, 0) is 45.6 Å². The maximum atomic E-state index is 5.43. The molecule has 0 unspecified atom stereocenters. The lowest BCUT2D eigenvalue weighted by atomic mass is 10.1. The summed E-state index contributed by atoms with van der Waals surface area (Å²) in [5, 5.41) is 6.97. The fraction of sp³-hybridized carbons (Fsp3) is 0.476. The van der Waals surface area contributed by atoms with Crippen molar-refractivity contribution in [3.8, 4) is 11.4 Å². The van der Waals surface area contributed by atoms with E-state index in [4.69, 9.17) is 14.7 Å². The summed E-state index contributed by atoms with van der Waals surface area (Å²) in [4.78, 5) is 13.9. The second-order valence-corrected chi connectivity index (χ2v) is 7.51. The fourth-order valence-corrected chi connectivity index (χ4v) is 3.53. The van der Waals surface area contributed by atoms with Crippen molar-refractivity contribution in [2.45, 2.75) is 51.6 Å². The van der Waals surface area contributed by atoms with E-state index in [9.17, 15) is 0 Å². The Morgan fingerprint density at radius 3 is 2.86 bits per heavy atom. The molecule has 28 heavy (non-hydrogen) atoms. The maximum absolute atomic E-state index is 5.43. The zero-order valence-corrected chi connectivity index (χ0v) is 16.6. The number of allylic oxidation sites excluding steroid dienone is 2. The third kappa shape index (κ3) is 4.25. The summed E-state index contributed by atoms with van der Waals surface area (Å²) in [5.74, 6) is 1.57. The fourth-order valence-electron chi connectivity index (χ4n) is 3.53. The second-order valence-electron chi connectivity index (χ2n) is 7.51. The van der Waals surface area contributed by atoms with Gasteiger partial charge in [0.2, 0.25) is 5.95 Å². The van der Waals surface area contributed by atoms with E-state index >= 15 is 0 Å². The highest BCUT2D eigenvalue weighted by Crippen LogP contribution is 2.25. The Morgan fingerprint density at radius 2 is 2.04 bits per heavy atom. The first-order valence-corrected chi connectivity index (χ1v) is 10.1. The molecule has 2 aromatic heterocycles. The van der Waals surface area contributed by atoms with Crippen LogP contribution in [0.2, 0.25) is 0 Å². The SMILES string of the molecule is CC(C)N/C1=C/CC/C=C\n2c(-c3ccnc(NC4CCOCC4)n3)cnc21. The van der Waals surface area contributed by atoms with Crippen LogP contribution in [0.1, 0.15) is 45.4 Å². The lowest BCUT2D eigenvalue weighted by Gasteiger charge is -2.23. The summed E-state index contributed by atoms with van der Waals surface area (Å²) in [6.45, 7) is 5.86. The first-order valence-electron chi connectivity index (χ1n) is 10.1. The Balaban J connectivity index is 1.64. The van der Waals surface area contributed by atoms with E-state index in [0.717, 1.165) is 61.8 Å². The minimum absolute atomic E-state index is 0.345. The summed E-state index contributed by atoms with van der Waals surface area (Å²) in [5.41, 5.74) is 2.89. The molecule has 2 aliphatic heterocycles. The van der Waals surface area contributed by atoms with Crippen molar-refractivity contribution in [3.63, 3.8) is 0 Å². The topological polar surface area (TPSA) is 76.9 Å². The summed E-state index contributed by atoms with van der Waals surface area (Å²) in [6, 6.07) is 2.64. The zero-order chi connectivity index (χ0) is 19.3. The molecule has 1 fully saturated rings. The molecule has 0 aromatic carbocycles. The van der Waals surface area contributed by atoms with Gasteiger partial charge >= 0.3 is 0 Å². The van der Waals surface area contributed by atoms with Crippen molar-refractivity contribution < 1.29 is 4.74 Å². The van der Waals surface area contributed by atoms with E-state index in [-0.39, 0.29) is 0 Å². The van der Waals surface area contributed by atoms with Gasteiger partial charge in [0.15, 0.2) is 5.82 Å². The molecular weight excluding hydrogens is 352 g/mol. The summed E-state index contributed by atoms with van der Waals surface area (Å²) in [6.07, 6.45) is 14.2. The van der Waals surface area contributed by atoms with Crippen molar-refractivity contribution in [2.75, 3.05) is 18.5 Å². The normalized spacial score (nSPS) is 20.6. The van der Waals surface area contributed by atoms with Gasteiger partial charge in [0.25, 0.3) is 0 Å². The van der Waals surface area contributed by atoms with Gasteiger partial charge in [-0.3, -0.25) is 4.57 Å². The molecule has 2 aromatic rings. The van der Waals surface area contributed by atoms with Crippen molar-refractivity contribution in [1.29, 1.82) is 0 Å². The number of imidazole rings is 1. The van der Waals surface area contributed by atoms with Crippen molar-refractivity contribution >= 4 is 17.8 Å². The van der Waals surface area contributed by atoms with E-state index in [1.807, 2.05) is 12.3 Å². The van der Waals surface area contributed by atoms with Crippen LogP contribution in [0, 0.1) is 0 Å². The number of aromatic nitrogens is 4. The predicted octanol–water partition coefficient (Wildman–Crippen LogP) is 3.53. The highest BCUT2D eigenvalue weighted by Gasteiger charge is 2.18. The Morgan fingerprint density at radius 1 is 1.18 bits per heavy atom. The first-order chi connectivity index (χ1) is 13.7. The van der Waals surface area contributed by atoms with Crippen molar-refractivity contribution in [2.24, 2.45) is 0 Å². The summed E-state index contributed by atoms with van der Waals surface area (Å²) in [7, 11) is 0. The molecule has 0 atom stereocenters. The third-order valence-electron chi connectivity index (χ3n) is 4.89. The second kappa shape index (κ2) is 8.56. The lowest BCUT2D eigenvalue weighted by Crippen LogP contribution is -2.28. The molecule has 7 nitrogen and oxygen atoms in total.